The van der Waals surface area contributed by atoms with Crippen molar-refractivity contribution in [2.75, 3.05) is 6.54 Å². The smallest absolute Gasteiger partial charge is 0.408 e. The number of nitrogens with two attached hydrogens (primary N) is 1. The molecule has 45 heavy (non-hydrogen) atoms. The van der Waals surface area contributed by atoms with Gasteiger partial charge in [0.2, 0.25) is 17.7 Å². The summed E-state index contributed by atoms with van der Waals surface area (Å²) in [5.74, 6) is -2.97. The molecule has 2 aromatic rings. The van der Waals surface area contributed by atoms with Crippen LogP contribution in [0.3, 0.4) is 0 Å². The number of ether oxygens (including phenoxy) is 2. The zero-order valence-electron chi connectivity index (χ0n) is 27.2. The lowest BCUT2D eigenvalue weighted by Crippen LogP contribution is -2.55. The highest BCUT2D eigenvalue weighted by Gasteiger charge is 2.38. The quantitative estimate of drug-likeness (QED) is 0.226. The van der Waals surface area contributed by atoms with Crippen LogP contribution in [0.2, 0.25) is 0 Å². The van der Waals surface area contributed by atoms with Gasteiger partial charge in [-0.05, 0) is 59.6 Å². The largest absolute Gasteiger partial charge is 0.458 e. The van der Waals surface area contributed by atoms with Crippen LogP contribution in [0.25, 0.3) is 0 Å². The van der Waals surface area contributed by atoms with Gasteiger partial charge in [0.05, 0.1) is 6.42 Å². The number of nitrogens with one attached hydrogen (secondary N) is 2. The third-order valence-electron chi connectivity index (χ3n) is 6.25. The lowest BCUT2D eigenvalue weighted by Gasteiger charge is -2.34. The minimum atomic E-state index is -1.45. The molecule has 4 amide bonds. The third-order valence-corrected chi connectivity index (χ3v) is 6.25. The Hall–Kier alpha value is -4.67. The molecule has 0 aromatic heterocycles. The van der Waals surface area contributed by atoms with E-state index in [0.717, 1.165) is 11.1 Å². The first-order valence-corrected chi connectivity index (χ1v) is 14.7. The zero-order chi connectivity index (χ0) is 33.9. The highest BCUT2D eigenvalue weighted by atomic mass is 16.6. The molecule has 0 radical (unpaired) electrons. The van der Waals surface area contributed by atoms with E-state index in [4.69, 9.17) is 15.2 Å². The number of benzene rings is 2. The van der Waals surface area contributed by atoms with E-state index in [1.54, 1.807) is 65.8 Å². The summed E-state index contributed by atoms with van der Waals surface area (Å²) in [7, 11) is 0. The van der Waals surface area contributed by atoms with Gasteiger partial charge in [-0.3, -0.25) is 14.4 Å². The monoisotopic (exact) mass is 622 g/mol. The molecule has 2 rings (SSSR count). The maximum Gasteiger partial charge on any atom is 0.408 e. The SMILES string of the molecule is C=CCN(C(=O)C(CC(N)=O)NC(=O)OC(C)(C)C)C(C(=O)NC(Cc1ccccc1)C(=O)OC(C)(C)C)c1ccc(C)cc1. The molecule has 0 saturated heterocycles. The first kappa shape index (κ1) is 36.5. The van der Waals surface area contributed by atoms with Crippen molar-refractivity contribution in [2.45, 2.75) is 90.6 Å². The van der Waals surface area contributed by atoms with E-state index in [9.17, 15) is 24.0 Å². The van der Waals surface area contributed by atoms with Gasteiger partial charge in [-0.1, -0.05) is 66.2 Å². The maximum absolute atomic E-state index is 14.2. The molecular weight excluding hydrogens is 576 g/mol. The average molecular weight is 623 g/mol. The number of amides is 4. The van der Waals surface area contributed by atoms with Crippen LogP contribution in [0.5, 0.6) is 0 Å². The van der Waals surface area contributed by atoms with Crippen molar-refractivity contribution in [1.29, 1.82) is 0 Å². The van der Waals surface area contributed by atoms with Gasteiger partial charge >= 0.3 is 12.1 Å². The van der Waals surface area contributed by atoms with E-state index >= 15 is 0 Å². The molecule has 11 heteroatoms. The minimum Gasteiger partial charge on any atom is -0.458 e. The van der Waals surface area contributed by atoms with Crippen molar-refractivity contribution in [3.8, 4) is 0 Å². The van der Waals surface area contributed by atoms with Crippen LogP contribution in [0.15, 0.2) is 67.3 Å². The summed E-state index contributed by atoms with van der Waals surface area (Å²) in [5, 5.41) is 5.22. The predicted molar refractivity (Wildman–Crippen MR) is 171 cm³/mol. The van der Waals surface area contributed by atoms with Gasteiger partial charge < -0.3 is 30.7 Å². The number of carbonyl (C=O) groups is 5. The highest BCUT2D eigenvalue weighted by molar-refractivity contribution is 5.95. The van der Waals surface area contributed by atoms with Crippen LogP contribution in [-0.2, 0) is 35.1 Å². The molecule has 2 aromatic carbocycles. The fraction of sp³-hybridized carbons (Fsp3) is 0.441. The van der Waals surface area contributed by atoms with Crippen LogP contribution >= 0.6 is 0 Å². The minimum absolute atomic E-state index is 0.127. The standard InChI is InChI=1S/C34H46N4O7/c1-9-19-38(30(41)25(21-27(35)39)37-32(43)45-34(6,7)8)28(24-17-15-22(2)16-18-24)29(40)36-26(31(42)44-33(3,4)5)20-23-13-11-10-12-14-23/h9-18,25-26,28H,1,19-21H2,2-8H3,(H2,35,39)(H,36,40)(H,37,43). The van der Waals surface area contributed by atoms with Gasteiger partial charge in [0, 0.05) is 13.0 Å². The van der Waals surface area contributed by atoms with Gasteiger partial charge in [0.1, 0.15) is 29.3 Å². The zero-order valence-corrected chi connectivity index (χ0v) is 27.2. The number of hydrogen-bond acceptors (Lipinski definition) is 7. The van der Waals surface area contributed by atoms with Crippen molar-refractivity contribution in [3.63, 3.8) is 0 Å². The van der Waals surface area contributed by atoms with Crippen LogP contribution in [0, 0.1) is 6.92 Å². The van der Waals surface area contributed by atoms with E-state index in [1.807, 2.05) is 37.3 Å². The summed E-state index contributed by atoms with van der Waals surface area (Å²) >= 11 is 0. The van der Waals surface area contributed by atoms with E-state index in [0.29, 0.717) is 5.56 Å². The van der Waals surface area contributed by atoms with Gasteiger partial charge in [0.15, 0.2) is 0 Å². The summed E-state index contributed by atoms with van der Waals surface area (Å²) in [6, 6.07) is 12.2. The number of hydrogen-bond donors (Lipinski definition) is 3. The molecular formula is C34H46N4O7. The van der Waals surface area contributed by atoms with Gasteiger partial charge in [-0.2, -0.15) is 0 Å². The molecule has 3 atom stereocenters. The number of aryl methyl sites for hydroxylation is 1. The summed E-state index contributed by atoms with van der Waals surface area (Å²) < 4.78 is 10.9. The predicted octanol–water partition coefficient (Wildman–Crippen LogP) is 3.89. The number of alkyl carbamates (subject to hydrolysis) is 1. The molecule has 0 aliphatic rings. The second-order valence-electron chi connectivity index (χ2n) is 12.7. The second-order valence-corrected chi connectivity index (χ2v) is 12.7. The van der Waals surface area contributed by atoms with Crippen molar-refractivity contribution >= 4 is 29.8 Å². The Kier molecular flexibility index (Phi) is 12.9. The molecule has 0 aliphatic heterocycles. The molecule has 3 unspecified atom stereocenters. The number of esters is 1. The summed E-state index contributed by atoms with van der Waals surface area (Å²) in [6.07, 6.45) is 0.0471. The highest BCUT2D eigenvalue weighted by Crippen LogP contribution is 2.25. The molecule has 0 bridgehead atoms. The van der Waals surface area contributed by atoms with E-state index in [-0.39, 0.29) is 13.0 Å². The Morgan fingerprint density at radius 2 is 1.44 bits per heavy atom. The Balaban J connectivity index is 2.58. The summed E-state index contributed by atoms with van der Waals surface area (Å²) in [6.45, 7) is 15.6. The Bertz CT molecular complexity index is 1350. The normalized spacial score (nSPS) is 13.4. The van der Waals surface area contributed by atoms with Gasteiger partial charge in [0.25, 0.3) is 0 Å². The van der Waals surface area contributed by atoms with E-state index < -0.39 is 65.5 Å². The number of carbonyl (C=O) groups excluding carboxylic acids is 5. The Labute approximate surface area is 265 Å². The molecule has 11 nitrogen and oxygen atoms in total. The van der Waals surface area contributed by atoms with Crippen LogP contribution in [-0.4, -0.2) is 64.5 Å². The van der Waals surface area contributed by atoms with Crippen molar-refractivity contribution in [3.05, 3.63) is 83.9 Å². The number of nitrogens with zero attached hydrogens (tertiary/aromatic N) is 1. The molecule has 0 fully saturated rings. The first-order chi connectivity index (χ1) is 20.9. The Morgan fingerprint density at radius 3 is 1.96 bits per heavy atom. The molecule has 0 heterocycles. The molecule has 0 spiro atoms. The van der Waals surface area contributed by atoms with Crippen molar-refractivity contribution in [1.82, 2.24) is 15.5 Å². The van der Waals surface area contributed by atoms with Crippen LogP contribution < -0.4 is 16.4 Å². The summed E-state index contributed by atoms with van der Waals surface area (Å²) in [4.78, 5) is 67.5. The Morgan fingerprint density at radius 1 is 0.867 bits per heavy atom. The van der Waals surface area contributed by atoms with Crippen LogP contribution in [0.4, 0.5) is 4.79 Å². The van der Waals surface area contributed by atoms with Gasteiger partial charge in [-0.15, -0.1) is 6.58 Å². The molecule has 0 saturated carbocycles. The third kappa shape index (κ3) is 12.5. The summed E-state index contributed by atoms with van der Waals surface area (Å²) in [5.41, 5.74) is 5.85. The van der Waals surface area contributed by atoms with Gasteiger partial charge in [-0.25, -0.2) is 9.59 Å². The lowest BCUT2D eigenvalue weighted by atomic mass is 9.99. The second kappa shape index (κ2) is 15.9. The van der Waals surface area contributed by atoms with Crippen molar-refractivity contribution in [2.24, 2.45) is 5.73 Å². The maximum atomic E-state index is 14.2. The molecule has 4 N–H and O–H groups in total. The van der Waals surface area contributed by atoms with E-state index in [2.05, 4.69) is 17.2 Å². The fourth-order valence-corrected chi connectivity index (χ4v) is 4.40. The molecule has 0 aliphatic carbocycles. The first-order valence-electron chi connectivity index (χ1n) is 14.7. The van der Waals surface area contributed by atoms with Crippen molar-refractivity contribution < 1.29 is 33.4 Å². The molecule has 244 valence electrons. The van der Waals surface area contributed by atoms with Crippen LogP contribution in [0.1, 0.15) is 70.7 Å². The average Bonchev–Trinajstić information content (AvgIpc) is 2.91. The topological polar surface area (TPSA) is 157 Å². The number of rotatable bonds is 13. The number of primary amides is 1. The lowest BCUT2D eigenvalue weighted by molar-refractivity contribution is -0.159. The fourth-order valence-electron chi connectivity index (χ4n) is 4.40. The van der Waals surface area contributed by atoms with E-state index in [1.165, 1.54) is 11.0 Å².